The molecule has 0 bridgehead atoms. The first-order chi connectivity index (χ1) is 8.08. The van der Waals surface area contributed by atoms with Gasteiger partial charge in [-0.25, -0.2) is 0 Å². The van der Waals surface area contributed by atoms with Crippen molar-refractivity contribution < 1.29 is 14.6 Å². The molecule has 1 fully saturated rings. The molecule has 0 amide bonds. The number of Topliss-reactive ketones (excluding diaryl/α,β-unsaturated/α-hetero) is 1. The highest BCUT2D eigenvalue weighted by Crippen LogP contribution is 2.35. The van der Waals surface area contributed by atoms with Crippen LogP contribution in [-0.2, 0) is 0 Å². The fourth-order valence-electron chi connectivity index (χ4n) is 2.10. The summed E-state index contributed by atoms with van der Waals surface area (Å²) in [7, 11) is 0. The number of hydrogen-bond donors (Lipinski definition) is 1. The van der Waals surface area contributed by atoms with Crippen molar-refractivity contribution in [1.82, 2.24) is 0 Å². The van der Waals surface area contributed by atoms with Crippen molar-refractivity contribution in [1.29, 1.82) is 0 Å². The summed E-state index contributed by atoms with van der Waals surface area (Å²) >= 11 is 6.04. The van der Waals surface area contributed by atoms with Crippen LogP contribution >= 0.6 is 11.6 Å². The highest BCUT2D eigenvalue weighted by molar-refractivity contribution is 6.32. The number of hydrogen-bond acceptors (Lipinski definition) is 3. The SMILES string of the molecule is CC(=O)c1cc(Cl)c(OC2CCCC2)cc1O. The Labute approximate surface area is 105 Å². The molecule has 0 atom stereocenters. The van der Waals surface area contributed by atoms with Crippen molar-refractivity contribution in [2.45, 2.75) is 38.7 Å². The molecule has 2 rings (SSSR count). The second-order valence-corrected chi connectivity index (χ2v) is 4.79. The van der Waals surface area contributed by atoms with Gasteiger partial charge in [-0.2, -0.15) is 0 Å². The predicted molar refractivity (Wildman–Crippen MR) is 66.0 cm³/mol. The van der Waals surface area contributed by atoms with Gasteiger partial charge in [-0.05, 0) is 38.7 Å². The van der Waals surface area contributed by atoms with Crippen LogP contribution < -0.4 is 4.74 Å². The van der Waals surface area contributed by atoms with E-state index >= 15 is 0 Å². The molecule has 1 N–H and O–H groups in total. The summed E-state index contributed by atoms with van der Waals surface area (Å²) in [5, 5.41) is 10.1. The lowest BCUT2D eigenvalue weighted by Gasteiger charge is -2.15. The van der Waals surface area contributed by atoms with E-state index in [0.29, 0.717) is 10.8 Å². The monoisotopic (exact) mass is 254 g/mol. The second kappa shape index (κ2) is 4.96. The zero-order chi connectivity index (χ0) is 12.4. The van der Waals surface area contributed by atoms with Crippen LogP contribution in [0, 0.1) is 0 Å². The summed E-state index contributed by atoms with van der Waals surface area (Å²) in [5.41, 5.74) is 0.230. The molecule has 0 unspecified atom stereocenters. The number of phenolic OH excluding ortho intramolecular Hbond substituents is 1. The van der Waals surface area contributed by atoms with E-state index in [1.165, 1.54) is 31.9 Å². The van der Waals surface area contributed by atoms with Crippen molar-refractivity contribution >= 4 is 17.4 Å². The third kappa shape index (κ3) is 2.72. The molecule has 1 aromatic rings. The van der Waals surface area contributed by atoms with E-state index < -0.39 is 0 Å². The average molecular weight is 255 g/mol. The first-order valence-corrected chi connectivity index (χ1v) is 6.16. The van der Waals surface area contributed by atoms with Gasteiger partial charge in [-0.1, -0.05) is 11.6 Å². The van der Waals surface area contributed by atoms with Crippen molar-refractivity contribution in [3.05, 3.63) is 22.7 Å². The van der Waals surface area contributed by atoms with Gasteiger partial charge < -0.3 is 9.84 Å². The third-order valence-corrected chi connectivity index (χ3v) is 3.32. The maximum atomic E-state index is 11.2. The summed E-state index contributed by atoms with van der Waals surface area (Å²) in [5.74, 6) is 0.174. The molecular formula is C13H15ClO3. The third-order valence-electron chi connectivity index (χ3n) is 3.03. The summed E-state index contributed by atoms with van der Waals surface area (Å²) in [6.45, 7) is 1.39. The molecule has 0 heterocycles. The molecular weight excluding hydrogens is 240 g/mol. The van der Waals surface area contributed by atoms with Gasteiger partial charge in [-0.15, -0.1) is 0 Å². The van der Waals surface area contributed by atoms with Gasteiger partial charge in [0.15, 0.2) is 5.78 Å². The number of benzene rings is 1. The van der Waals surface area contributed by atoms with Gasteiger partial charge in [0.1, 0.15) is 11.5 Å². The quantitative estimate of drug-likeness (QED) is 0.839. The number of ketones is 1. The Morgan fingerprint density at radius 1 is 1.41 bits per heavy atom. The summed E-state index contributed by atoms with van der Waals surface area (Å²) in [4.78, 5) is 11.2. The predicted octanol–water partition coefficient (Wildman–Crippen LogP) is 3.57. The highest BCUT2D eigenvalue weighted by Gasteiger charge is 2.19. The molecule has 3 nitrogen and oxygen atoms in total. The summed E-state index contributed by atoms with van der Waals surface area (Å²) < 4.78 is 5.72. The molecule has 0 spiro atoms. The van der Waals surface area contributed by atoms with Gasteiger partial charge in [0.25, 0.3) is 0 Å². The molecule has 0 saturated heterocycles. The van der Waals surface area contributed by atoms with E-state index in [-0.39, 0.29) is 23.2 Å². The lowest BCUT2D eigenvalue weighted by atomic mass is 10.1. The zero-order valence-electron chi connectivity index (χ0n) is 9.70. The molecule has 4 heteroatoms. The Balaban J connectivity index is 2.23. The fraction of sp³-hybridized carbons (Fsp3) is 0.462. The van der Waals surface area contributed by atoms with Crippen molar-refractivity contribution in [2.24, 2.45) is 0 Å². The Morgan fingerprint density at radius 3 is 2.65 bits per heavy atom. The average Bonchev–Trinajstić information content (AvgIpc) is 2.75. The number of carbonyl (C=O) groups is 1. The molecule has 17 heavy (non-hydrogen) atoms. The number of rotatable bonds is 3. The van der Waals surface area contributed by atoms with Crippen LogP contribution in [-0.4, -0.2) is 17.0 Å². The Bertz CT molecular complexity index is 437. The minimum absolute atomic E-state index is 0.0742. The van der Waals surface area contributed by atoms with E-state index in [4.69, 9.17) is 16.3 Å². The van der Waals surface area contributed by atoms with Crippen molar-refractivity contribution in [2.75, 3.05) is 0 Å². The molecule has 1 saturated carbocycles. The van der Waals surface area contributed by atoms with E-state index in [0.717, 1.165) is 12.8 Å². The van der Waals surface area contributed by atoms with E-state index in [1.807, 2.05) is 0 Å². The molecule has 0 radical (unpaired) electrons. The van der Waals surface area contributed by atoms with Gasteiger partial charge in [0.05, 0.1) is 16.7 Å². The van der Waals surface area contributed by atoms with Crippen LogP contribution in [0.5, 0.6) is 11.5 Å². The maximum Gasteiger partial charge on any atom is 0.163 e. The number of halogens is 1. The number of ether oxygens (including phenoxy) is 1. The molecule has 0 aliphatic heterocycles. The molecule has 92 valence electrons. The van der Waals surface area contributed by atoms with E-state index in [2.05, 4.69) is 0 Å². The van der Waals surface area contributed by atoms with Gasteiger partial charge in [0.2, 0.25) is 0 Å². The zero-order valence-corrected chi connectivity index (χ0v) is 10.5. The Morgan fingerprint density at radius 2 is 2.06 bits per heavy atom. The fourth-order valence-corrected chi connectivity index (χ4v) is 2.31. The highest BCUT2D eigenvalue weighted by atomic mass is 35.5. The first kappa shape index (κ1) is 12.2. The van der Waals surface area contributed by atoms with Crippen LogP contribution in [0.4, 0.5) is 0 Å². The lowest BCUT2D eigenvalue weighted by Crippen LogP contribution is -2.11. The van der Waals surface area contributed by atoms with Crippen LogP contribution in [0.2, 0.25) is 5.02 Å². The van der Waals surface area contributed by atoms with Crippen LogP contribution in [0.25, 0.3) is 0 Å². The van der Waals surface area contributed by atoms with Gasteiger partial charge in [-0.3, -0.25) is 4.79 Å². The van der Waals surface area contributed by atoms with Crippen molar-refractivity contribution in [3.63, 3.8) is 0 Å². The number of phenols is 1. The van der Waals surface area contributed by atoms with Crippen LogP contribution in [0.3, 0.4) is 0 Å². The maximum absolute atomic E-state index is 11.2. The smallest absolute Gasteiger partial charge is 0.163 e. The summed E-state index contributed by atoms with van der Waals surface area (Å²) in [6, 6.07) is 2.89. The topological polar surface area (TPSA) is 46.5 Å². The molecule has 1 aliphatic rings. The molecule has 1 aliphatic carbocycles. The number of carbonyl (C=O) groups excluding carboxylic acids is 1. The largest absolute Gasteiger partial charge is 0.507 e. The van der Waals surface area contributed by atoms with Crippen LogP contribution in [0.15, 0.2) is 12.1 Å². The minimum atomic E-state index is -0.211. The van der Waals surface area contributed by atoms with Crippen LogP contribution in [0.1, 0.15) is 43.0 Å². The van der Waals surface area contributed by atoms with E-state index in [1.54, 1.807) is 0 Å². The molecule has 1 aromatic carbocycles. The second-order valence-electron chi connectivity index (χ2n) is 4.38. The number of aromatic hydroxyl groups is 1. The van der Waals surface area contributed by atoms with Gasteiger partial charge in [0, 0.05) is 6.07 Å². The Hall–Kier alpha value is -1.22. The first-order valence-electron chi connectivity index (χ1n) is 5.78. The van der Waals surface area contributed by atoms with E-state index in [9.17, 15) is 9.90 Å². The van der Waals surface area contributed by atoms with Crippen molar-refractivity contribution in [3.8, 4) is 11.5 Å². The van der Waals surface area contributed by atoms with Gasteiger partial charge >= 0.3 is 0 Å². The minimum Gasteiger partial charge on any atom is -0.507 e. The normalized spacial score (nSPS) is 16.1. The Kier molecular flexibility index (Phi) is 3.57. The summed E-state index contributed by atoms with van der Waals surface area (Å²) in [6.07, 6.45) is 4.55. The lowest BCUT2D eigenvalue weighted by molar-refractivity contribution is 0.101. The molecule has 0 aromatic heterocycles. The standard InChI is InChI=1S/C13H15ClO3/c1-8(15)10-6-11(14)13(7-12(10)16)17-9-4-2-3-5-9/h6-7,9,16H,2-5H2,1H3.